The predicted molar refractivity (Wildman–Crippen MR) is 126 cm³/mol. The molecule has 6 aromatic rings. The largest absolute Gasteiger partial charge is 0.448 e. The molecule has 4 heteroatoms. The van der Waals surface area contributed by atoms with Crippen LogP contribution in [-0.2, 0) is 0 Å². The van der Waals surface area contributed by atoms with E-state index in [1.165, 1.54) is 32.3 Å². The monoisotopic (exact) mass is 384 g/mol. The number of nitrogens with zero attached hydrogens (tertiary/aromatic N) is 2. The molecule has 0 aliphatic rings. The van der Waals surface area contributed by atoms with Crippen molar-refractivity contribution in [1.29, 1.82) is 0 Å². The highest BCUT2D eigenvalue weighted by molar-refractivity contribution is 6.48. The maximum Gasteiger partial charge on any atom is 0.326 e. The Labute approximate surface area is 173 Å². The summed E-state index contributed by atoms with van der Waals surface area (Å²) in [5, 5.41) is 18.1. The average molecular weight is 384 g/mol. The molecule has 3 nitrogen and oxygen atoms in total. The van der Waals surface area contributed by atoms with Crippen LogP contribution in [-0.4, -0.2) is 22.5 Å². The molecule has 0 amide bonds. The van der Waals surface area contributed by atoms with Crippen LogP contribution < -0.4 is 5.59 Å². The van der Waals surface area contributed by atoms with Crippen LogP contribution >= 0.6 is 0 Å². The van der Waals surface area contributed by atoms with E-state index in [9.17, 15) is 5.02 Å². The Morgan fingerprint density at radius 2 is 1.07 bits per heavy atom. The fourth-order valence-electron chi connectivity index (χ4n) is 4.44. The van der Waals surface area contributed by atoms with Crippen molar-refractivity contribution in [3.05, 3.63) is 91.0 Å². The van der Waals surface area contributed by atoms with Crippen LogP contribution in [0.5, 0.6) is 0 Å². The molecular weight excluding hydrogens is 367 g/mol. The van der Waals surface area contributed by atoms with Crippen molar-refractivity contribution in [1.82, 2.24) is 9.97 Å². The highest BCUT2D eigenvalue weighted by atomic mass is 16.2. The summed E-state index contributed by atoms with van der Waals surface area (Å²) < 4.78 is 0. The SMILES string of the molecule is OBc1nc(-c2ccc3c4ccccc4c4ccccc4c3c2)nc2ccccc12. The molecule has 0 radical (unpaired) electrons. The number of benzene rings is 5. The summed E-state index contributed by atoms with van der Waals surface area (Å²) in [6.45, 7) is 0. The normalized spacial score (nSPS) is 11.5. The quantitative estimate of drug-likeness (QED) is 0.347. The van der Waals surface area contributed by atoms with E-state index >= 15 is 0 Å². The van der Waals surface area contributed by atoms with Crippen LogP contribution in [0.2, 0.25) is 0 Å². The minimum absolute atomic E-state index is 0.114. The summed E-state index contributed by atoms with van der Waals surface area (Å²) in [6.07, 6.45) is 0. The third-order valence-electron chi connectivity index (χ3n) is 5.83. The van der Waals surface area contributed by atoms with Gasteiger partial charge in [-0.25, -0.2) is 9.97 Å². The molecule has 5 aromatic carbocycles. The summed E-state index contributed by atoms with van der Waals surface area (Å²) in [7, 11) is -0.114. The van der Waals surface area contributed by atoms with E-state index in [1.807, 2.05) is 24.3 Å². The zero-order valence-electron chi connectivity index (χ0n) is 16.2. The van der Waals surface area contributed by atoms with Crippen LogP contribution in [0.25, 0.3) is 54.6 Å². The molecule has 0 unspecified atom stereocenters. The first-order chi connectivity index (χ1) is 14.8. The molecule has 1 N–H and O–H groups in total. The van der Waals surface area contributed by atoms with Crippen molar-refractivity contribution in [2.24, 2.45) is 0 Å². The lowest BCUT2D eigenvalue weighted by Gasteiger charge is -2.12. The van der Waals surface area contributed by atoms with E-state index in [-0.39, 0.29) is 7.48 Å². The first-order valence-corrected chi connectivity index (χ1v) is 10.0. The van der Waals surface area contributed by atoms with E-state index in [0.29, 0.717) is 11.4 Å². The standard InChI is InChI=1S/C26H17BN2O/c30-27-25-22-11-5-6-12-24(22)28-26(29-25)16-13-14-21-19-9-2-1-7-17(19)18-8-3-4-10-20(18)23(21)15-16/h1-15,27,30H. The molecule has 0 fully saturated rings. The van der Waals surface area contributed by atoms with E-state index in [2.05, 4.69) is 71.7 Å². The summed E-state index contributed by atoms with van der Waals surface area (Å²) in [6, 6.07) is 31.3. The molecule has 0 saturated carbocycles. The van der Waals surface area contributed by atoms with Crippen molar-refractivity contribution in [3.8, 4) is 11.4 Å². The summed E-state index contributed by atoms with van der Waals surface area (Å²) >= 11 is 0. The Kier molecular flexibility index (Phi) is 3.80. The first-order valence-electron chi connectivity index (χ1n) is 10.0. The smallest absolute Gasteiger partial charge is 0.326 e. The number of hydrogen-bond donors (Lipinski definition) is 1. The second-order valence-corrected chi connectivity index (χ2v) is 7.52. The minimum Gasteiger partial charge on any atom is -0.448 e. The van der Waals surface area contributed by atoms with Gasteiger partial charge < -0.3 is 5.02 Å². The zero-order chi connectivity index (χ0) is 20.1. The molecule has 0 aliphatic carbocycles. The minimum atomic E-state index is -0.114. The summed E-state index contributed by atoms with van der Waals surface area (Å²) in [5.41, 5.74) is 2.44. The van der Waals surface area contributed by atoms with Crippen LogP contribution in [0.3, 0.4) is 0 Å². The highest BCUT2D eigenvalue weighted by Gasteiger charge is 2.13. The van der Waals surface area contributed by atoms with Gasteiger partial charge in [-0.2, -0.15) is 0 Å². The predicted octanol–water partition coefficient (Wildman–Crippen LogP) is 4.73. The second-order valence-electron chi connectivity index (χ2n) is 7.52. The molecular formula is C26H17BN2O. The van der Waals surface area contributed by atoms with Gasteiger partial charge in [-0.15, -0.1) is 0 Å². The Balaban J connectivity index is 1.69. The maximum absolute atomic E-state index is 9.85. The molecule has 0 saturated heterocycles. The molecule has 1 aromatic heterocycles. The van der Waals surface area contributed by atoms with E-state index in [0.717, 1.165) is 16.5 Å². The summed E-state index contributed by atoms with van der Waals surface area (Å²) in [4.78, 5) is 9.46. The van der Waals surface area contributed by atoms with E-state index in [1.54, 1.807) is 0 Å². The number of rotatable bonds is 2. The van der Waals surface area contributed by atoms with Gasteiger partial charge in [0, 0.05) is 16.5 Å². The molecule has 0 bridgehead atoms. The Morgan fingerprint density at radius 3 is 1.70 bits per heavy atom. The van der Waals surface area contributed by atoms with Crippen molar-refractivity contribution in [3.63, 3.8) is 0 Å². The van der Waals surface area contributed by atoms with Gasteiger partial charge in [0.05, 0.1) is 5.52 Å². The Hall–Kier alpha value is -3.76. The average Bonchev–Trinajstić information content (AvgIpc) is 2.83. The molecule has 0 spiro atoms. The number of fused-ring (bicyclic) bond motifs is 7. The molecule has 30 heavy (non-hydrogen) atoms. The fourth-order valence-corrected chi connectivity index (χ4v) is 4.44. The Bertz CT molecular complexity index is 1560. The maximum atomic E-state index is 9.85. The van der Waals surface area contributed by atoms with Gasteiger partial charge in [0.25, 0.3) is 0 Å². The van der Waals surface area contributed by atoms with Gasteiger partial charge in [-0.3, -0.25) is 0 Å². The highest BCUT2D eigenvalue weighted by Crippen LogP contribution is 2.36. The van der Waals surface area contributed by atoms with E-state index in [4.69, 9.17) is 4.98 Å². The molecule has 6 rings (SSSR count). The van der Waals surface area contributed by atoms with Gasteiger partial charge in [0.1, 0.15) is 0 Å². The number of hydrogen-bond acceptors (Lipinski definition) is 3. The molecule has 140 valence electrons. The lowest BCUT2D eigenvalue weighted by Crippen LogP contribution is -2.20. The first kappa shape index (κ1) is 17.1. The van der Waals surface area contributed by atoms with Crippen LogP contribution in [0.1, 0.15) is 0 Å². The van der Waals surface area contributed by atoms with Crippen molar-refractivity contribution >= 4 is 56.3 Å². The lowest BCUT2D eigenvalue weighted by molar-refractivity contribution is 0.614. The van der Waals surface area contributed by atoms with Crippen LogP contribution in [0, 0.1) is 0 Å². The van der Waals surface area contributed by atoms with Crippen LogP contribution in [0.15, 0.2) is 91.0 Å². The van der Waals surface area contributed by atoms with Gasteiger partial charge in [0.2, 0.25) is 0 Å². The van der Waals surface area contributed by atoms with Crippen molar-refractivity contribution < 1.29 is 5.02 Å². The van der Waals surface area contributed by atoms with Crippen molar-refractivity contribution in [2.45, 2.75) is 0 Å². The molecule has 1 heterocycles. The zero-order valence-corrected chi connectivity index (χ0v) is 16.2. The van der Waals surface area contributed by atoms with Crippen LogP contribution in [0.4, 0.5) is 0 Å². The van der Waals surface area contributed by atoms with Gasteiger partial charge in [-0.05, 0) is 44.5 Å². The van der Waals surface area contributed by atoms with Gasteiger partial charge >= 0.3 is 7.48 Å². The van der Waals surface area contributed by atoms with Gasteiger partial charge in [0.15, 0.2) is 5.82 Å². The Morgan fingerprint density at radius 1 is 0.533 bits per heavy atom. The molecule has 0 atom stereocenters. The van der Waals surface area contributed by atoms with Crippen molar-refractivity contribution in [2.75, 3.05) is 0 Å². The number of aromatic nitrogens is 2. The molecule has 0 aliphatic heterocycles. The van der Waals surface area contributed by atoms with Gasteiger partial charge in [-0.1, -0.05) is 78.9 Å². The number of para-hydroxylation sites is 1. The third kappa shape index (κ3) is 2.51. The lowest BCUT2D eigenvalue weighted by atomic mass is 9.91. The third-order valence-corrected chi connectivity index (χ3v) is 5.83. The topological polar surface area (TPSA) is 46.0 Å². The summed E-state index contributed by atoms with van der Waals surface area (Å²) in [5.74, 6) is 0.636. The van der Waals surface area contributed by atoms with E-state index < -0.39 is 0 Å². The second kappa shape index (κ2) is 6.65. The fraction of sp³-hybridized carbons (Fsp3) is 0.